The molecule has 2 rings (SSSR count). The minimum Gasteiger partial charge on any atom is -0.301 e. The van der Waals surface area contributed by atoms with Gasteiger partial charge in [0.1, 0.15) is 5.54 Å². The van der Waals surface area contributed by atoms with E-state index in [0.717, 1.165) is 43.1 Å². The van der Waals surface area contributed by atoms with Crippen LogP contribution in [0.1, 0.15) is 12.0 Å². The molecule has 0 aliphatic carbocycles. The van der Waals surface area contributed by atoms with Crippen LogP contribution in [0.15, 0.2) is 30.3 Å². The zero-order valence-electron chi connectivity index (χ0n) is 11.8. The van der Waals surface area contributed by atoms with Gasteiger partial charge in [-0.1, -0.05) is 30.3 Å². The Labute approximate surface area is 123 Å². The average molecular weight is 291 g/mol. The maximum absolute atomic E-state index is 11.4. The molecule has 1 N–H and O–H groups in total. The van der Waals surface area contributed by atoms with Crippen LogP contribution in [0, 0.1) is 11.3 Å². The number of rotatable bonds is 5. The molecule has 0 amide bonds. The van der Waals surface area contributed by atoms with E-state index < -0.39 is 16.3 Å². The normalized spacial score (nSPS) is 20.2. The van der Waals surface area contributed by atoms with Crippen LogP contribution in [0.5, 0.6) is 0 Å². The molecule has 1 atom stereocenters. The number of nitrogens with one attached hydrogen (secondary N) is 1. The van der Waals surface area contributed by atoms with Crippen molar-refractivity contribution in [1.82, 2.24) is 10.2 Å². The molecule has 0 saturated carbocycles. The summed E-state index contributed by atoms with van der Waals surface area (Å²) in [5, 5.41) is 12.8. The first-order chi connectivity index (χ1) is 9.70. The molecule has 20 heavy (non-hydrogen) atoms. The fourth-order valence-corrected chi connectivity index (χ4v) is 3.67. The van der Waals surface area contributed by atoms with Crippen molar-refractivity contribution in [3.8, 4) is 6.07 Å². The van der Waals surface area contributed by atoms with Crippen molar-refractivity contribution in [3.05, 3.63) is 35.9 Å². The second-order valence-corrected chi connectivity index (χ2v) is 6.77. The molecule has 1 aromatic rings. The Morgan fingerprint density at radius 1 is 1.35 bits per heavy atom. The van der Waals surface area contributed by atoms with Gasteiger partial charge in [0.15, 0.2) is 0 Å². The standard InChI is InChI=1S/C15H21N3OS/c1-17-15(13-16,14-5-3-2-4-6-14)7-8-18-9-11-20(19)12-10-18/h2-6,17H,7-12H2,1H3. The third-order valence-electron chi connectivity index (χ3n) is 3.96. The number of hydrogen-bond acceptors (Lipinski definition) is 4. The van der Waals surface area contributed by atoms with Crippen LogP contribution in [0.25, 0.3) is 0 Å². The Hall–Kier alpha value is -1.22. The first-order valence-corrected chi connectivity index (χ1v) is 8.42. The minimum absolute atomic E-state index is 0.641. The molecule has 5 heteroatoms. The number of benzene rings is 1. The Balaban J connectivity index is 2.03. The van der Waals surface area contributed by atoms with Crippen LogP contribution in [0.4, 0.5) is 0 Å². The molecule has 1 unspecified atom stereocenters. The molecule has 4 nitrogen and oxygen atoms in total. The zero-order chi connectivity index (χ0) is 14.4. The van der Waals surface area contributed by atoms with Gasteiger partial charge >= 0.3 is 0 Å². The fraction of sp³-hybridized carbons (Fsp3) is 0.533. The van der Waals surface area contributed by atoms with Gasteiger partial charge < -0.3 is 4.90 Å². The maximum atomic E-state index is 11.4. The molecule has 108 valence electrons. The van der Waals surface area contributed by atoms with E-state index in [2.05, 4.69) is 16.3 Å². The van der Waals surface area contributed by atoms with E-state index in [1.165, 1.54) is 0 Å². The van der Waals surface area contributed by atoms with Crippen molar-refractivity contribution in [3.63, 3.8) is 0 Å². The summed E-state index contributed by atoms with van der Waals surface area (Å²) < 4.78 is 11.4. The number of nitrogens with zero attached hydrogens (tertiary/aromatic N) is 2. The summed E-state index contributed by atoms with van der Waals surface area (Å²) >= 11 is 0. The SMILES string of the molecule is CNC(C#N)(CCN1CCS(=O)CC1)c1ccccc1. The summed E-state index contributed by atoms with van der Waals surface area (Å²) in [5.41, 5.74) is 0.364. The largest absolute Gasteiger partial charge is 0.301 e. The van der Waals surface area contributed by atoms with Crippen LogP contribution < -0.4 is 5.32 Å². The van der Waals surface area contributed by atoms with E-state index in [9.17, 15) is 9.47 Å². The fourth-order valence-electron chi connectivity index (χ4n) is 2.54. The highest BCUT2D eigenvalue weighted by Gasteiger charge is 2.31. The highest BCUT2D eigenvalue weighted by molar-refractivity contribution is 7.85. The zero-order valence-corrected chi connectivity index (χ0v) is 12.7. The Morgan fingerprint density at radius 2 is 2.00 bits per heavy atom. The van der Waals surface area contributed by atoms with Crippen molar-refractivity contribution < 1.29 is 4.21 Å². The lowest BCUT2D eigenvalue weighted by molar-refractivity contribution is 0.262. The summed E-state index contributed by atoms with van der Waals surface area (Å²) in [6, 6.07) is 12.3. The topological polar surface area (TPSA) is 56.1 Å². The van der Waals surface area contributed by atoms with Gasteiger partial charge in [0.25, 0.3) is 0 Å². The van der Waals surface area contributed by atoms with E-state index in [4.69, 9.17) is 0 Å². The molecule has 0 spiro atoms. The second kappa shape index (κ2) is 6.98. The molecule has 0 aromatic heterocycles. The van der Waals surface area contributed by atoms with Gasteiger partial charge in [-0.15, -0.1) is 0 Å². The molecule has 1 aliphatic rings. The van der Waals surface area contributed by atoms with Crippen molar-refractivity contribution in [2.45, 2.75) is 12.0 Å². The molecule has 1 aromatic carbocycles. The van der Waals surface area contributed by atoms with Gasteiger partial charge in [0, 0.05) is 41.9 Å². The molecule has 1 saturated heterocycles. The third-order valence-corrected chi connectivity index (χ3v) is 5.23. The molecule has 0 radical (unpaired) electrons. The lowest BCUT2D eigenvalue weighted by Crippen LogP contribution is -2.44. The van der Waals surface area contributed by atoms with Crippen LogP contribution in [-0.4, -0.2) is 47.3 Å². The van der Waals surface area contributed by atoms with Gasteiger partial charge in [-0.2, -0.15) is 5.26 Å². The monoisotopic (exact) mass is 291 g/mol. The smallest absolute Gasteiger partial charge is 0.133 e. The van der Waals surface area contributed by atoms with Crippen molar-refractivity contribution in [2.24, 2.45) is 0 Å². The van der Waals surface area contributed by atoms with E-state index in [1.807, 2.05) is 37.4 Å². The predicted molar refractivity (Wildman–Crippen MR) is 81.7 cm³/mol. The molecule has 1 fully saturated rings. The summed E-state index contributed by atoms with van der Waals surface area (Å²) in [5.74, 6) is 1.51. The predicted octanol–water partition coefficient (Wildman–Crippen LogP) is 1.08. The summed E-state index contributed by atoms with van der Waals surface area (Å²) in [4.78, 5) is 2.30. The van der Waals surface area contributed by atoms with Gasteiger partial charge in [-0.3, -0.25) is 9.53 Å². The number of hydrogen-bond donors (Lipinski definition) is 1. The van der Waals surface area contributed by atoms with E-state index in [1.54, 1.807) is 0 Å². The Morgan fingerprint density at radius 3 is 2.55 bits per heavy atom. The second-order valence-electron chi connectivity index (χ2n) is 5.07. The van der Waals surface area contributed by atoms with Gasteiger partial charge in [-0.05, 0) is 19.0 Å². The van der Waals surface area contributed by atoms with Gasteiger partial charge in [0.2, 0.25) is 0 Å². The first-order valence-electron chi connectivity index (χ1n) is 6.93. The highest BCUT2D eigenvalue weighted by atomic mass is 32.2. The molecular weight excluding hydrogens is 270 g/mol. The first kappa shape index (κ1) is 15.2. The molecule has 1 aliphatic heterocycles. The van der Waals surface area contributed by atoms with E-state index in [0.29, 0.717) is 0 Å². The molecule has 1 heterocycles. The lowest BCUT2D eigenvalue weighted by atomic mass is 9.88. The van der Waals surface area contributed by atoms with E-state index in [-0.39, 0.29) is 0 Å². The van der Waals surface area contributed by atoms with Crippen LogP contribution in [0.2, 0.25) is 0 Å². The van der Waals surface area contributed by atoms with Gasteiger partial charge in [-0.25, -0.2) is 0 Å². The van der Waals surface area contributed by atoms with Crippen LogP contribution in [-0.2, 0) is 16.3 Å². The molecular formula is C15H21N3OS. The van der Waals surface area contributed by atoms with Crippen molar-refractivity contribution >= 4 is 10.8 Å². The number of nitriles is 1. The van der Waals surface area contributed by atoms with Crippen LogP contribution >= 0.6 is 0 Å². The maximum Gasteiger partial charge on any atom is 0.133 e. The van der Waals surface area contributed by atoms with Crippen LogP contribution in [0.3, 0.4) is 0 Å². The minimum atomic E-state index is -0.647. The van der Waals surface area contributed by atoms with Crippen molar-refractivity contribution in [2.75, 3.05) is 38.2 Å². The summed E-state index contributed by atoms with van der Waals surface area (Å²) in [6.07, 6.45) is 0.733. The molecule has 0 bridgehead atoms. The van der Waals surface area contributed by atoms with Crippen molar-refractivity contribution in [1.29, 1.82) is 5.26 Å². The average Bonchev–Trinajstić information content (AvgIpc) is 2.51. The Bertz CT molecular complexity index is 490. The lowest BCUT2D eigenvalue weighted by Gasteiger charge is -2.32. The van der Waals surface area contributed by atoms with E-state index >= 15 is 0 Å². The third kappa shape index (κ3) is 3.45. The van der Waals surface area contributed by atoms with Gasteiger partial charge in [0.05, 0.1) is 6.07 Å². The quantitative estimate of drug-likeness (QED) is 0.882. The summed E-state index contributed by atoms with van der Waals surface area (Å²) in [7, 11) is 1.19. The summed E-state index contributed by atoms with van der Waals surface area (Å²) in [6.45, 7) is 2.58. The Kier molecular flexibility index (Phi) is 5.30. The highest BCUT2D eigenvalue weighted by Crippen LogP contribution is 2.24.